The van der Waals surface area contributed by atoms with E-state index in [0.717, 1.165) is 43.2 Å². The summed E-state index contributed by atoms with van der Waals surface area (Å²) in [6.45, 7) is 4.75. The van der Waals surface area contributed by atoms with Crippen LogP contribution in [0, 0.1) is 6.92 Å². The molecule has 1 amide bonds. The third kappa shape index (κ3) is 2.41. The summed E-state index contributed by atoms with van der Waals surface area (Å²) in [5, 5.41) is 6.18. The fourth-order valence-electron chi connectivity index (χ4n) is 3.15. The molecule has 1 N–H and O–H groups in total. The number of rotatable bonds is 2. The number of aryl methyl sites for hydroxylation is 1. The van der Waals surface area contributed by atoms with E-state index < -0.39 is 0 Å². The van der Waals surface area contributed by atoms with Crippen LogP contribution in [-0.2, 0) is 17.8 Å². The van der Waals surface area contributed by atoms with Crippen molar-refractivity contribution < 1.29 is 4.79 Å². The van der Waals surface area contributed by atoms with E-state index in [0.29, 0.717) is 0 Å². The van der Waals surface area contributed by atoms with Crippen LogP contribution < -0.4 is 5.32 Å². The number of aromatic nitrogens is 1. The third-order valence-corrected chi connectivity index (χ3v) is 6.26. The van der Waals surface area contributed by atoms with Gasteiger partial charge in [-0.05, 0) is 31.4 Å². The molecule has 2 aromatic rings. The Hall–Kier alpha value is -1.24. The summed E-state index contributed by atoms with van der Waals surface area (Å²) < 4.78 is 0. The Morgan fingerprint density at radius 2 is 2.38 bits per heavy atom. The average Bonchev–Trinajstić information content (AvgIpc) is 3.16. The van der Waals surface area contributed by atoms with Crippen molar-refractivity contribution in [2.24, 2.45) is 0 Å². The first kappa shape index (κ1) is 13.4. The van der Waals surface area contributed by atoms with E-state index in [1.165, 1.54) is 15.3 Å². The molecule has 21 heavy (non-hydrogen) atoms. The van der Waals surface area contributed by atoms with Gasteiger partial charge in [0.1, 0.15) is 0 Å². The first-order valence-corrected chi connectivity index (χ1v) is 8.96. The van der Waals surface area contributed by atoms with Crippen LogP contribution in [0.4, 0.5) is 0 Å². The lowest BCUT2D eigenvalue weighted by atomic mass is 10.1. The van der Waals surface area contributed by atoms with E-state index in [2.05, 4.69) is 26.6 Å². The summed E-state index contributed by atoms with van der Waals surface area (Å²) in [4.78, 5) is 21.5. The van der Waals surface area contributed by atoms with Crippen molar-refractivity contribution >= 4 is 28.6 Å². The molecule has 0 radical (unpaired) electrons. The summed E-state index contributed by atoms with van der Waals surface area (Å²) in [7, 11) is 0. The summed E-state index contributed by atoms with van der Waals surface area (Å²) in [5.74, 6) is 0.198. The lowest BCUT2D eigenvalue weighted by molar-refractivity contribution is -0.124. The van der Waals surface area contributed by atoms with Gasteiger partial charge in [-0.1, -0.05) is 0 Å². The monoisotopic (exact) mass is 319 g/mol. The topological polar surface area (TPSA) is 45.2 Å². The van der Waals surface area contributed by atoms with Gasteiger partial charge in [0.25, 0.3) is 0 Å². The highest BCUT2D eigenvalue weighted by molar-refractivity contribution is 7.16. The molecule has 1 atom stereocenters. The molecule has 4 nitrogen and oxygen atoms in total. The predicted molar refractivity (Wildman–Crippen MR) is 85.7 cm³/mol. The van der Waals surface area contributed by atoms with Gasteiger partial charge in [0.15, 0.2) is 0 Å². The Bertz CT molecular complexity index is 691. The van der Waals surface area contributed by atoms with Crippen molar-refractivity contribution in [2.45, 2.75) is 32.4 Å². The van der Waals surface area contributed by atoms with Gasteiger partial charge in [-0.15, -0.1) is 22.7 Å². The zero-order chi connectivity index (χ0) is 14.4. The molecule has 1 saturated heterocycles. The standard InChI is InChI=1S/C15H17N3OS2/c1-9-17-11(8-20-9)14-6-10-7-18(5-3-13(10)21-14)12-2-4-16-15(12)19/h6,8,12H,2-5,7H2,1H3,(H,16,19)/t12-/m0/s1. The van der Waals surface area contributed by atoms with Crippen LogP contribution in [-0.4, -0.2) is 34.9 Å². The van der Waals surface area contributed by atoms with Crippen LogP contribution in [0.5, 0.6) is 0 Å². The van der Waals surface area contributed by atoms with E-state index in [4.69, 9.17) is 0 Å². The molecule has 110 valence electrons. The first-order valence-electron chi connectivity index (χ1n) is 7.26. The van der Waals surface area contributed by atoms with E-state index in [1.54, 1.807) is 11.3 Å². The predicted octanol–water partition coefficient (Wildman–Crippen LogP) is 2.43. The number of thiazole rings is 1. The number of hydrogen-bond donors (Lipinski definition) is 1. The number of hydrogen-bond acceptors (Lipinski definition) is 5. The second-order valence-electron chi connectivity index (χ2n) is 5.63. The van der Waals surface area contributed by atoms with Gasteiger partial charge < -0.3 is 5.32 Å². The quantitative estimate of drug-likeness (QED) is 0.925. The maximum atomic E-state index is 11.9. The number of fused-ring (bicyclic) bond motifs is 1. The van der Waals surface area contributed by atoms with Gasteiger partial charge in [-0.2, -0.15) is 0 Å². The van der Waals surface area contributed by atoms with Crippen LogP contribution >= 0.6 is 22.7 Å². The minimum Gasteiger partial charge on any atom is -0.355 e. The highest BCUT2D eigenvalue weighted by atomic mass is 32.1. The van der Waals surface area contributed by atoms with Crippen molar-refractivity contribution in [3.8, 4) is 10.6 Å². The highest BCUT2D eigenvalue weighted by Crippen LogP contribution is 2.35. The third-order valence-electron chi connectivity index (χ3n) is 4.23. The van der Waals surface area contributed by atoms with Crippen LogP contribution in [0.15, 0.2) is 11.4 Å². The first-order chi connectivity index (χ1) is 10.2. The van der Waals surface area contributed by atoms with Crippen LogP contribution in [0.2, 0.25) is 0 Å². The molecule has 0 spiro atoms. The number of thiophene rings is 1. The van der Waals surface area contributed by atoms with Gasteiger partial charge in [0.05, 0.1) is 21.6 Å². The van der Waals surface area contributed by atoms with Gasteiger partial charge >= 0.3 is 0 Å². The fraction of sp³-hybridized carbons (Fsp3) is 0.467. The maximum Gasteiger partial charge on any atom is 0.237 e. The fourth-order valence-corrected chi connectivity index (χ4v) is 4.96. The van der Waals surface area contributed by atoms with Crippen molar-refractivity contribution in [2.75, 3.05) is 13.1 Å². The van der Waals surface area contributed by atoms with Crippen molar-refractivity contribution in [1.82, 2.24) is 15.2 Å². The second-order valence-corrected chi connectivity index (χ2v) is 7.83. The van der Waals surface area contributed by atoms with Crippen LogP contribution in [0.3, 0.4) is 0 Å². The Balaban J connectivity index is 1.58. The van der Waals surface area contributed by atoms with Gasteiger partial charge in [-0.25, -0.2) is 4.98 Å². The minimum absolute atomic E-state index is 0.0722. The Morgan fingerprint density at radius 1 is 1.48 bits per heavy atom. The summed E-state index contributed by atoms with van der Waals surface area (Å²) in [6, 6.07) is 2.34. The van der Waals surface area contributed by atoms with Gasteiger partial charge in [-0.3, -0.25) is 9.69 Å². The van der Waals surface area contributed by atoms with Crippen molar-refractivity contribution in [3.05, 3.63) is 26.9 Å². The largest absolute Gasteiger partial charge is 0.355 e. The summed E-state index contributed by atoms with van der Waals surface area (Å²) in [5.41, 5.74) is 2.48. The molecule has 0 aromatic carbocycles. The molecule has 2 aromatic heterocycles. The van der Waals surface area contributed by atoms with Crippen molar-refractivity contribution in [3.63, 3.8) is 0 Å². The normalized spacial score (nSPS) is 22.3. The van der Waals surface area contributed by atoms with E-state index in [9.17, 15) is 4.79 Å². The van der Waals surface area contributed by atoms with Gasteiger partial charge in [0, 0.05) is 29.9 Å². The molecule has 2 aliphatic rings. The molecule has 4 heterocycles. The molecule has 0 aliphatic carbocycles. The number of carbonyl (C=O) groups excluding carboxylic acids is 1. The Morgan fingerprint density at radius 3 is 3.10 bits per heavy atom. The number of carbonyl (C=O) groups is 1. The second kappa shape index (κ2) is 5.19. The summed E-state index contributed by atoms with van der Waals surface area (Å²) >= 11 is 3.56. The van der Waals surface area contributed by atoms with E-state index in [-0.39, 0.29) is 11.9 Å². The minimum atomic E-state index is 0.0722. The Labute approximate surface area is 131 Å². The molecular weight excluding hydrogens is 302 g/mol. The molecule has 4 rings (SSSR count). The van der Waals surface area contributed by atoms with Gasteiger partial charge in [0.2, 0.25) is 5.91 Å². The average molecular weight is 319 g/mol. The Kier molecular flexibility index (Phi) is 3.32. The molecule has 6 heteroatoms. The zero-order valence-electron chi connectivity index (χ0n) is 11.9. The molecule has 2 aliphatic heterocycles. The summed E-state index contributed by atoms with van der Waals surface area (Å²) in [6.07, 6.45) is 1.99. The lowest BCUT2D eigenvalue weighted by Crippen LogP contribution is -2.43. The van der Waals surface area contributed by atoms with E-state index in [1.807, 2.05) is 18.3 Å². The number of nitrogens with zero attached hydrogens (tertiary/aromatic N) is 2. The highest BCUT2D eigenvalue weighted by Gasteiger charge is 2.32. The number of nitrogens with one attached hydrogen (secondary N) is 1. The maximum absolute atomic E-state index is 11.9. The van der Waals surface area contributed by atoms with Crippen molar-refractivity contribution in [1.29, 1.82) is 0 Å². The molecule has 0 unspecified atom stereocenters. The van der Waals surface area contributed by atoms with Crippen LogP contribution in [0.25, 0.3) is 10.6 Å². The number of amides is 1. The SMILES string of the molecule is Cc1nc(-c2cc3c(s2)CCN([C@H]2CCNC2=O)C3)cs1. The van der Waals surface area contributed by atoms with E-state index >= 15 is 0 Å². The molecule has 0 bridgehead atoms. The zero-order valence-corrected chi connectivity index (χ0v) is 13.5. The smallest absolute Gasteiger partial charge is 0.237 e. The molecular formula is C15H17N3OS2. The van der Waals surface area contributed by atoms with Crippen LogP contribution in [0.1, 0.15) is 21.9 Å². The lowest BCUT2D eigenvalue weighted by Gasteiger charge is -2.30. The molecule has 0 saturated carbocycles. The molecule has 1 fully saturated rings.